The van der Waals surface area contributed by atoms with E-state index in [9.17, 15) is 0 Å². The molecule has 0 aliphatic heterocycles. The number of benzene rings is 1. The third-order valence-corrected chi connectivity index (χ3v) is 2.74. The quantitative estimate of drug-likeness (QED) is 0.877. The van der Waals surface area contributed by atoms with Crippen LogP contribution in [0.4, 0.5) is 0 Å². The van der Waals surface area contributed by atoms with Crippen LogP contribution in [0.25, 0.3) is 11.1 Å². The lowest BCUT2D eigenvalue weighted by atomic mass is 10.1. The largest absolute Gasteiger partial charge is 0.488 e. The first kappa shape index (κ1) is 12.0. The third-order valence-electron chi connectivity index (χ3n) is 2.42. The molecule has 0 aliphatic carbocycles. The number of H-pyrrole nitrogens is 1. The second-order valence-electron chi connectivity index (χ2n) is 3.80. The Hall–Kier alpha value is -1.52. The van der Waals surface area contributed by atoms with Gasteiger partial charge in [0, 0.05) is 18.3 Å². The van der Waals surface area contributed by atoms with Crippen molar-refractivity contribution in [2.45, 2.75) is 13.0 Å². The lowest BCUT2D eigenvalue weighted by Crippen LogP contribution is -2.22. The van der Waals surface area contributed by atoms with Gasteiger partial charge in [-0.3, -0.25) is 5.10 Å². The molecule has 1 aromatic carbocycles. The summed E-state index contributed by atoms with van der Waals surface area (Å²) < 4.78 is 5.65. The lowest BCUT2D eigenvalue weighted by Gasteiger charge is -2.14. The molecule has 0 saturated carbocycles. The maximum absolute atomic E-state index is 6.07. The van der Waals surface area contributed by atoms with E-state index in [4.69, 9.17) is 22.1 Å². The van der Waals surface area contributed by atoms with Gasteiger partial charge in [0.2, 0.25) is 0 Å². The molecular weight excluding hydrogens is 238 g/mol. The number of rotatable bonds is 4. The fraction of sp³-hybridized carbons (Fsp3) is 0.250. The Morgan fingerprint density at radius 3 is 2.94 bits per heavy atom. The number of hydrogen-bond donors (Lipinski definition) is 2. The molecule has 17 heavy (non-hydrogen) atoms. The molecule has 2 rings (SSSR count). The number of aromatic amines is 1. The van der Waals surface area contributed by atoms with Crippen LogP contribution in [0.15, 0.2) is 30.6 Å². The molecule has 1 heterocycles. The van der Waals surface area contributed by atoms with Gasteiger partial charge in [0.05, 0.1) is 11.2 Å². The second kappa shape index (κ2) is 5.21. The molecule has 1 aromatic heterocycles. The average molecular weight is 252 g/mol. The number of ether oxygens (including phenoxy) is 1. The highest BCUT2D eigenvalue weighted by Crippen LogP contribution is 2.30. The van der Waals surface area contributed by atoms with Gasteiger partial charge in [0.1, 0.15) is 11.9 Å². The van der Waals surface area contributed by atoms with Crippen molar-refractivity contribution in [2.24, 2.45) is 5.73 Å². The van der Waals surface area contributed by atoms with Gasteiger partial charge in [-0.05, 0) is 24.6 Å². The van der Waals surface area contributed by atoms with Crippen molar-refractivity contribution < 1.29 is 4.74 Å². The highest BCUT2D eigenvalue weighted by Gasteiger charge is 2.08. The summed E-state index contributed by atoms with van der Waals surface area (Å²) in [7, 11) is 0. The Morgan fingerprint density at radius 2 is 2.29 bits per heavy atom. The van der Waals surface area contributed by atoms with E-state index in [1.165, 1.54) is 0 Å². The summed E-state index contributed by atoms with van der Waals surface area (Å²) in [5.41, 5.74) is 7.51. The Labute approximate surface area is 105 Å². The Bertz CT molecular complexity index is 485. The van der Waals surface area contributed by atoms with E-state index in [0.29, 0.717) is 17.3 Å². The molecule has 0 radical (unpaired) electrons. The molecule has 0 amide bonds. The number of hydrogen-bond acceptors (Lipinski definition) is 3. The summed E-state index contributed by atoms with van der Waals surface area (Å²) >= 11 is 6.07. The molecule has 1 atom stereocenters. The SMILES string of the molecule is C[C@@H](CN)Oc1cc(-c2cn[nH]c2)ccc1Cl. The molecule has 0 bridgehead atoms. The van der Waals surface area contributed by atoms with Gasteiger partial charge >= 0.3 is 0 Å². The summed E-state index contributed by atoms with van der Waals surface area (Å²) in [4.78, 5) is 0. The fourth-order valence-corrected chi connectivity index (χ4v) is 1.61. The molecule has 2 aromatic rings. The van der Waals surface area contributed by atoms with Crippen molar-refractivity contribution >= 4 is 11.6 Å². The van der Waals surface area contributed by atoms with Crippen molar-refractivity contribution in [3.05, 3.63) is 35.6 Å². The molecule has 4 nitrogen and oxygen atoms in total. The number of nitrogens with two attached hydrogens (primary N) is 1. The van der Waals surface area contributed by atoms with E-state index in [1.807, 2.05) is 31.3 Å². The van der Waals surface area contributed by atoms with Gasteiger partial charge in [0.15, 0.2) is 0 Å². The first-order chi connectivity index (χ1) is 8.20. The zero-order valence-corrected chi connectivity index (χ0v) is 10.2. The van der Waals surface area contributed by atoms with Crippen LogP contribution in [0.3, 0.4) is 0 Å². The molecule has 0 aliphatic rings. The summed E-state index contributed by atoms with van der Waals surface area (Å²) in [6.07, 6.45) is 3.51. The topological polar surface area (TPSA) is 63.9 Å². The molecule has 0 fully saturated rings. The first-order valence-electron chi connectivity index (χ1n) is 5.36. The minimum Gasteiger partial charge on any atom is -0.488 e. The van der Waals surface area contributed by atoms with Crippen molar-refractivity contribution in [3.63, 3.8) is 0 Å². The van der Waals surface area contributed by atoms with Crippen molar-refractivity contribution in [3.8, 4) is 16.9 Å². The van der Waals surface area contributed by atoms with E-state index in [1.54, 1.807) is 6.20 Å². The predicted octanol–water partition coefficient (Wildman–Crippen LogP) is 2.46. The van der Waals surface area contributed by atoms with Crippen molar-refractivity contribution in [1.82, 2.24) is 10.2 Å². The second-order valence-corrected chi connectivity index (χ2v) is 4.20. The summed E-state index contributed by atoms with van der Waals surface area (Å²) in [6.45, 7) is 2.35. The first-order valence-corrected chi connectivity index (χ1v) is 5.74. The van der Waals surface area contributed by atoms with E-state index >= 15 is 0 Å². The molecular formula is C12H14ClN3O. The van der Waals surface area contributed by atoms with Gasteiger partial charge in [-0.2, -0.15) is 5.10 Å². The van der Waals surface area contributed by atoms with Crippen LogP contribution in [-0.4, -0.2) is 22.8 Å². The van der Waals surface area contributed by atoms with Gasteiger partial charge < -0.3 is 10.5 Å². The van der Waals surface area contributed by atoms with E-state index in [0.717, 1.165) is 11.1 Å². The van der Waals surface area contributed by atoms with E-state index in [2.05, 4.69) is 10.2 Å². The van der Waals surface area contributed by atoms with Crippen molar-refractivity contribution in [2.75, 3.05) is 6.54 Å². The maximum atomic E-state index is 6.07. The van der Waals surface area contributed by atoms with Crippen molar-refractivity contribution in [1.29, 1.82) is 0 Å². The standard InChI is InChI=1S/C12H14ClN3O/c1-8(5-14)17-12-4-9(2-3-11(12)13)10-6-15-16-7-10/h2-4,6-8H,5,14H2,1H3,(H,15,16)/t8-/m0/s1. The Balaban J connectivity index is 2.29. The minimum atomic E-state index is -0.0629. The van der Waals surface area contributed by atoms with Crippen LogP contribution in [0, 0.1) is 0 Å². The molecule has 0 unspecified atom stereocenters. The Morgan fingerprint density at radius 1 is 1.47 bits per heavy atom. The number of nitrogens with one attached hydrogen (secondary N) is 1. The summed E-state index contributed by atoms with van der Waals surface area (Å²) in [5, 5.41) is 7.26. The predicted molar refractivity (Wildman–Crippen MR) is 68.2 cm³/mol. The van der Waals surface area contributed by atoms with Gasteiger partial charge in [-0.15, -0.1) is 0 Å². The monoisotopic (exact) mass is 251 g/mol. The smallest absolute Gasteiger partial charge is 0.138 e. The molecule has 90 valence electrons. The van der Waals surface area contributed by atoms with Crippen LogP contribution < -0.4 is 10.5 Å². The summed E-state index contributed by atoms with van der Waals surface area (Å²) in [5.74, 6) is 0.642. The van der Waals surface area contributed by atoms with Gasteiger partial charge in [-0.25, -0.2) is 0 Å². The van der Waals surface area contributed by atoms with Crippen LogP contribution in [0.5, 0.6) is 5.75 Å². The van der Waals surface area contributed by atoms with Crippen LogP contribution in [-0.2, 0) is 0 Å². The maximum Gasteiger partial charge on any atom is 0.138 e. The molecule has 0 spiro atoms. The highest BCUT2D eigenvalue weighted by atomic mass is 35.5. The molecule has 0 saturated heterocycles. The summed E-state index contributed by atoms with van der Waals surface area (Å²) in [6, 6.07) is 5.62. The van der Waals surface area contributed by atoms with Crippen LogP contribution in [0.1, 0.15) is 6.92 Å². The van der Waals surface area contributed by atoms with E-state index in [-0.39, 0.29) is 6.10 Å². The third kappa shape index (κ3) is 2.78. The molecule has 3 N–H and O–H groups in total. The van der Waals surface area contributed by atoms with E-state index < -0.39 is 0 Å². The number of nitrogens with zero attached hydrogens (tertiary/aromatic N) is 1. The number of aromatic nitrogens is 2. The molecule has 5 heteroatoms. The van der Waals surface area contributed by atoms with Crippen LogP contribution >= 0.6 is 11.6 Å². The highest BCUT2D eigenvalue weighted by molar-refractivity contribution is 6.32. The normalized spacial score (nSPS) is 12.4. The minimum absolute atomic E-state index is 0.0629. The lowest BCUT2D eigenvalue weighted by molar-refractivity contribution is 0.230. The Kier molecular flexibility index (Phi) is 3.66. The zero-order chi connectivity index (χ0) is 12.3. The number of halogens is 1. The zero-order valence-electron chi connectivity index (χ0n) is 9.48. The fourth-order valence-electron chi connectivity index (χ4n) is 1.45. The van der Waals surface area contributed by atoms with Gasteiger partial charge in [-0.1, -0.05) is 17.7 Å². The van der Waals surface area contributed by atoms with Gasteiger partial charge in [0.25, 0.3) is 0 Å². The average Bonchev–Trinajstić information content (AvgIpc) is 2.85. The van der Waals surface area contributed by atoms with Crippen LogP contribution in [0.2, 0.25) is 5.02 Å².